The molecule has 20 heavy (non-hydrogen) atoms. The molecule has 6 nitrogen and oxygen atoms in total. The molecule has 0 unspecified atom stereocenters. The van der Waals surface area contributed by atoms with E-state index >= 15 is 0 Å². The number of hydrogen-bond donors (Lipinski definition) is 2. The molecule has 2 heterocycles. The Morgan fingerprint density at radius 3 is 3.05 bits per heavy atom. The fraction of sp³-hybridized carbons (Fsp3) is 0.357. The van der Waals surface area contributed by atoms with Crippen LogP contribution >= 0.6 is 0 Å². The predicted octanol–water partition coefficient (Wildman–Crippen LogP) is 1.61. The van der Waals surface area contributed by atoms with Gasteiger partial charge in [-0.3, -0.25) is 4.68 Å². The van der Waals surface area contributed by atoms with Gasteiger partial charge in [-0.2, -0.15) is 5.10 Å². The second-order valence-electron chi connectivity index (χ2n) is 4.95. The molecule has 0 aromatic carbocycles. The van der Waals surface area contributed by atoms with E-state index in [1.807, 2.05) is 13.1 Å². The van der Waals surface area contributed by atoms with Gasteiger partial charge in [0.25, 0.3) is 0 Å². The van der Waals surface area contributed by atoms with Crippen molar-refractivity contribution in [2.45, 2.75) is 25.8 Å². The Hall–Kier alpha value is -2.37. The van der Waals surface area contributed by atoms with Crippen molar-refractivity contribution in [2.75, 3.05) is 5.32 Å². The van der Waals surface area contributed by atoms with Gasteiger partial charge in [0.15, 0.2) is 0 Å². The average Bonchev–Trinajstić information content (AvgIpc) is 3.03. The fourth-order valence-electron chi connectivity index (χ4n) is 2.52. The zero-order valence-electron chi connectivity index (χ0n) is 11.3. The smallest absolute Gasteiger partial charge is 0.339 e. The predicted molar refractivity (Wildman–Crippen MR) is 73.8 cm³/mol. The normalized spacial score (nSPS) is 13.2. The van der Waals surface area contributed by atoms with Gasteiger partial charge in [-0.15, -0.1) is 0 Å². The van der Waals surface area contributed by atoms with E-state index in [4.69, 9.17) is 0 Å². The largest absolute Gasteiger partial charge is 0.478 e. The molecule has 2 aromatic heterocycles. The highest BCUT2D eigenvalue weighted by Gasteiger charge is 2.19. The van der Waals surface area contributed by atoms with Crippen molar-refractivity contribution in [2.24, 2.45) is 7.05 Å². The lowest BCUT2D eigenvalue weighted by Gasteiger charge is -2.11. The van der Waals surface area contributed by atoms with Crippen molar-refractivity contribution in [1.29, 1.82) is 0 Å². The molecule has 6 heteroatoms. The zero-order chi connectivity index (χ0) is 14.1. The van der Waals surface area contributed by atoms with Gasteiger partial charge in [-0.1, -0.05) is 0 Å². The molecule has 0 saturated carbocycles. The third-order valence-corrected chi connectivity index (χ3v) is 3.64. The lowest BCUT2D eigenvalue weighted by molar-refractivity contribution is 0.0697. The molecule has 2 aromatic rings. The average molecular weight is 272 g/mol. The molecular formula is C14H16N4O2. The fourth-order valence-corrected chi connectivity index (χ4v) is 2.52. The molecule has 104 valence electrons. The number of fused-ring (bicyclic) bond motifs is 1. The Morgan fingerprint density at radius 2 is 2.35 bits per heavy atom. The highest BCUT2D eigenvalue weighted by molar-refractivity contribution is 5.93. The van der Waals surface area contributed by atoms with Gasteiger partial charge in [0.05, 0.1) is 12.2 Å². The van der Waals surface area contributed by atoms with Crippen LogP contribution in [-0.2, 0) is 26.4 Å². The molecule has 0 aliphatic heterocycles. The third kappa shape index (κ3) is 2.24. The van der Waals surface area contributed by atoms with Gasteiger partial charge in [0.2, 0.25) is 0 Å². The van der Waals surface area contributed by atoms with Gasteiger partial charge < -0.3 is 10.4 Å². The SMILES string of the molecule is Cn1nccc1CNc1nc2c(cc1C(=O)O)CCC2. The van der Waals surface area contributed by atoms with Gasteiger partial charge in [0, 0.05) is 18.9 Å². The first kappa shape index (κ1) is 12.7. The van der Waals surface area contributed by atoms with Crippen molar-refractivity contribution in [3.8, 4) is 0 Å². The van der Waals surface area contributed by atoms with E-state index < -0.39 is 5.97 Å². The second kappa shape index (κ2) is 4.96. The van der Waals surface area contributed by atoms with Crippen LogP contribution in [-0.4, -0.2) is 25.8 Å². The molecule has 2 N–H and O–H groups in total. The van der Waals surface area contributed by atoms with E-state index in [0.717, 1.165) is 36.2 Å². The van der Waals surface area contributed by atoms with E-state index in [0.29, 0.717) is 12.4 Å². The highest BCUT2D eigenvalue weighted by Crippen LogP contribution is 2.25. The van der Waals surface area contributed by atoms with Crippen LogP contribution in [0.5, 0.6) is 0 Å². The van der Waals surface area contributed by atoms with E-state index in [1.165, 1.54) is 0 Å². The minimum Gasteiger partial charge on any atom is -0.478 e. The Bertz CT molecular complexity index is 663. The third-order valence-electron chi connectivity index (χ3n) is 3.64. The summed E-state index contributed by atoms with van der Waals surface area (Å²) in [5.74, 6) is -0.501. The van der Waals surface area contributed by atoms with E-state index in [2.05, 4.69) is 15.4 Å². The Balaban J connectivity index is 1.88. The number of pyridine rings is 1. The molecule has 0 amide bonds. The number of anilines is 1. The highest BCUT2D eigenvalue weighted by atomic mass is 16.4. The number of nitrogens with one attached hydrogen (secondary N) is 1. The number of aromatic carboxylic acids is 1. The first-order chi connectivity index (χ1) is 9.65. The summed E-state index contributed by atoms with van der Waals surface area (Å²) in [5.41, 5.74) is 3.30. The van der Waals surface area contributed by atoms with Gasteiger partial charge in [-0.25, -0.2) is 9.78 Å². The Labute approximate surface area is 116 Å². The second-order valence-corrected chi connectivity index (χ2v) is 4.95. The Kier molecular flexibility index (Phi) is 3.14. The minimum atomic E-state index is -0.945. The van der Waals surface area contributed by atoms with Crippen molar-refractivity contribution in [3.63, 3.8) is 0 Å². The molecule has 1 aliphatic carbocycles. The number of aromatic nitrogens is 3. The van der Waals surface area contributed by atoms with Crippen LogP contribution in [0, 0.1) is 0 Å². The van der Waals surface area contributed by atoms with E-state index in [9.17, 15) is 9.90 Å². The van der Waals surface area contributed by atoms with Crippen molar-refractivity contribution >= 4 is 11.8 Å². The molecule has 0 fully saturated rings. The van der Waals surface area contributed by atoms with Crippen molar-refractivity contribution < 1.29 is 9.90 Å². The summed E-state index contributed by atoms with van der Waals surface area (Å²) in [5, 5.41) is 16.5. The summed E-state index contributed by atoms with van der Waals surface area (Å²) >= 11 is 0. The van der Waals surface area contributed by atoms with Crippen LogP contribution < -0.4 is 5.32 Å². The van der Waals surface area contributed by atoms with Gasteiger partial charge >= 0.3 is 5.97 Å². The van der Waals surface area contributed by atoms with Crippen LogP contribution in [0.3, 0.4) is 0 Å². The number of hydrogen-bond acceptors (Lipinski definition) is 4. The first-order valence-electron chi connectivity index (χ1n) is 6.62. The van der Waals surface area contributed by atoms with Crippen LogP contribution in [0.1, 0.15) is 33.7 Å². The van der Waals surface area contributed by atoms with Crippen LogP contribution in [0.25, 0.3) is 0 Å². The molecular weight excluding hydrogens is 256 g/mol. The minimum absolute atomic E-state index is 0.243. The number of carboxylic acids is 1. The molecule has 0 atom stereocenters. The molecule has 0 bridgehead atoms. The number of nitrogens with zero attached hydrogens (tertiary/aromatic N) is 3. The standard InChI is InChI=1S/C14H16N4O2/c1-18-10(5-6-16-18)8-15-13-11(14(19)20)7-9-3-2-4-12(9)17-13/h5-7H,2-4,8H2,1H3,(H,15,17)(H,19,20). The summed E-state index contributed by atoms with van der Waals surface area (Å²) in [4.78, 5) is 15.8. The zero-order valence-corrected chi connectivity index (χ0v) is 11.3. The quantitative estimate of drug-likeness (QED) is 0.884. The number of aryl methyl sites for hydroxylation is 3. The molecule has 0 saturated heterocycles. The maximum atomic E-state index is 11.4. The summed E-state index contributed by atoms with van der Waals surface area (Å²) in [6, 6.07) is 3.64. The van der Waals surface area contributed by atoms with Gasteiger partial charge in [0.1, 0.15) is 11.4 Å². The lowest BCUT2D eigenvalue weighted by Crippen LogP contribution is -2.12. The van der Waals surface area contributed by atoms with Crippen molar-refractivity contribution in [1.82, 2.24) is 14.8 Å². The summed E-state index contributed by atoms with van der Waals surface area (Å²) in [6.07, 6.45) is 4.61. The topological polar surface area (TPSA) is 80.0 Å². The van der Waals surface area contributed by atoms with E-state index in [-0.39, 0.29) is 5.56 Å². The Morgan fingerprint density at radius 1 is 1.50 bits per heavy atom. The van der Waals surface area contributed by atoms with Crippen LogP contribution in [0.4, 0.5) is 5.82 Å². The lowest BCUT2D eigenvalue weighted by atomic mass is 10.1. The maximum absolute atomic E-state index is 11.4. The number of carboxylic acid groups (broad SMARTS) is 1. The van der Waals surface area contributed by atoms with Crippen LogP contribution in [0.2, 0.25) is 0 Å². The molecule has 0 radical (unpaired) electrons. The van der Waals surface area contributed by atoms with Crippen molar-refractivity contribution in [3.05, 3.63) is 40.8 Å². The summed E-state index contributed by atoms with van der Waals surface area (Å²) in [7, 11) is 1.85. The molecule has 0 spiro atoms. The monoisotopic (exact) mass is 272 g/mol. The summed E-state index contributed by atoms with van der Waals surface area (Å²) in [6.45, 7) is 0.503. The number of carbonyl (C=O) groups is 1. The summed E-state index contributed by atoms with van der Waals surface area (Å²) < 4.78 is 1.75. The molecule has 1 aliphatic rings. The number of rotatable bonds is 4. The maximum Gasteiger partial charge on any atom is 0.339 e. The van der Waals surface area contributed by atoms with Gasteiger partial charge in [-0.05, 0) is 37.0 Å². The van der Waals surface area contributed by atoms with E-state index in [1.54, 1.807) is 16.9 Å². The molecule has 3 rings (SSSR count). The van der Waals surface area contributed by atoms with Crippen LogP contribution in [0.15, 0.2) is 18.3 Å². The first-order valence-corrected chi connectivity index (χ1v) is 6.62.